The Morgan fingerprint density at radius 2 is 2.09 bits per heavy atom. The predicted molar refractivity (Wildman–Crippen MR) is 96.1 cm³/mol. The van der Waals surface area contributed by atoms with Gasteiger partial charge in [0, 0.05) is 12.3 Å². The SMILES string of the molecule is O=C(NCCSc1ncc(-c2ccccc2)[nH]1)Nc1cccs1. The molecule has 0 aliphatic carbocycles. The van der Waals surface area contributed by atoms with Crippen LogP contribution in [0.3, 0.4) is 0 Å². The molecular weight excluding hydrogens is 328 g/mol. The van der Waals surface area contributed by atoms with Gasteiger partial charge in [0.1, 0.15) is 0 Å². The second kappa shape index (κ2) is 7.85. The van der Waals surface area contributed by atoms with E-state index in [1.165, 1.54) is 11.3 Å². The first kappa shape index (κ1) is 15.6. The fraction of sp³-hybridized carbons (Fsp3) is 0.125. The van der Waals surface area contributed by atoms with Crippen LogP contribution < -0.4 is 10.6 Å². The lowest BCUT2D eigenvalue weighted by atomic mass is 10.2. The molecule has 2 amide bonds. The van der Waals surface area contributed by atoms with E-state index in [-0.39, 0.29) is 6.03 Å². The van der Waals surface area contributed by atoms with Crippen LogP contribution in [0.4, 0.5) is 9.80 Å². The maximum absolute atomic E-state index is 11.7. The van der Waals surface area contributed by atoms with Crippen LogP contribution in [0.15, 0.2) is 59.2 Å². The third-order valence-electron chi connectivity index (χ3n) is 3.02. The first-order chi connectivity index (χ1) is 11.3. The summed E-state index contributed by atoms with van der Waals surface area (Å²) < 4.78 is 0. The number of hydrogen-bond donors (Lipinski definition) is 3. The summed E-state index contributed by atoms with van der Waals surface area (Å²) in [5, 5.41) is 9.22. The van der Waals surface area contributed by atoms with Crippen molar-refractivity contribution in [1.82, 2.24) is 15.3 Å². The summed E-state index contributed by atoms with van der Waals surface area (Å²) in [5.41, 5.74) is 2.11. The van der Waals surface area contributed by atoms with Crippen molar-refractivity contribution >= 4 is 34.1 Å². The summed E-state index contributed by atoms with van der Waals surface area (Å²) >= 11 is 3.08. The number of amides is 2. The van der Waals surface area contributed by atoms with E-state index in [2.05, 4.69) is 20.6 Å². The van der Waals surface area contributed by atoms with E-state index in [1.807, 2.05) is 54.0 Å². The van der Waals surface area contributed by atoms with E-state index in [4.69, 9.17) is 0 Å². The number of thioether (sulfide) groups is 1. The molecule has 1 aromatic carbocycles. The summed E-state index contributed by atoms with van der Waals surface area (Å²) in [7, 11) is 0. The Morgan fingerprint density at radius 1 is 1.22 bits per heavy atom. The van der Waals surface area contributed by atoms with Gasteiger partial charge in [0.15, 0.2) is 5.16 Å². The highest BCUT2D eigenvalue weighted by molar-refractivity contribution is 7.99. The number of rotatable bonds is 6. The summed E-state index contributed by atoms with van der Waals surface area (Å²) in [6.45, 7) is 0.573. The van der Waals surface area contributed by atoms with Gasteiger partial charge in [0.05, 0.1) is 16.9 Å². The van der Waals surface area contributed by atoms with Crippen molar-refractivity contribution in [3.05, 3.63) is 54.0 Å². The number of imidazole rings is 1. The number of carbonyl (C=O) groups excluding carboxylic acids is 1. The fourth-order valence-corrected chi connectivity index (χ4v) is 3.28. The third kappa shape index (κ3) is 4.61. The number of aromatic amines is 1. The molecule has 0 spiro atoms. The maximum atomic E-state index is 11.7. The number of carbonyl (C=O) groups is 1. The number of anilines is 1. The van der Waals surface area contributed by atoms with Gasteiger partial charge in [0.2, 0.25) is 0 Å². The van der Waals surface area contributed by atoms with E-state index < -0.39 is 0 Å². The number of nitrogens with one attached hydrogen (secondary N) is 3. The van der Waals surface area contributed by atoms with Gasteiger partial charge >= 0.3 is 6.03 Å². The number of nitrogens with zero attached hydrogens (tertiary/aromatic N) is 1. The highest BCUT2D eigenvalue weighted by atomic mass is 32.2. The predicted octanol–water partition coefficient (Wildman–Crippen LogP) is 4.05. The Balaban J connectivity index is 1.41. The molecule has 2 heterocycles. The molecule has 0 unspecified atom stereocenters. The normalized spacial score (nSPS) is 10.4. The van der Waals surface area contributed by atoms with Crippen molar-refractivity contribution < 1.29 is 4.79 Å². The number of thiophene rings is 1. The largest absolute Gasteiger partial charge is 0.337 e. The minimum absolute atomic E-state index is 0.183. The summed E-state index contributed by atoms with van der Waals surface area (Å²) in [5.74, 6) is 0.750. The van der Waals surface area contributed by atoms with Crippen LogP contribution in [0.1, 0.15) is 0 Å². The van der Waals surface area contributed by atoms with Gasteiger partial charge in [-0.05, 0) is 23.1 Å². The molecule has 0 aliphatic rings. The van der Waals surface area contributed by atoms with Crippen LogP contribution >= 0.6 is 23.1 Å². The van der Waals surface area contributed by atoms with Gasteiger partial charge in [0.25, 0.3) is 0 Å². The molecular formula is C16H16N4OS2. The van der Waals surface area contributed by atoms with Gasteiger partial charge in [-0.2, -0.15) is 0 Å². The molecule has 2 aromatic heterocycles. The third-order valence-corrected chi connectivity index (χ3v) is 4.70. The lowest BCUT2D eigenvalue weighted by molar-refractivity contribution is 0.252. The first-order valence-corrected chi connectivity index (χ1v) is 8.99. The number of H-pyrrole nitrogens is 1. The van der Waals surface area contributed by atoms with Crippen LogP contribution in [0, 0.1) is 0 Å². The quantitative estimate of drug-likeness (QED) is 0.467. The average molecular weight is 344 g/mol. The Kier molecular flexibility index (Phi) is 5.33. The molecule has 5 nitrogen and oxygen atoms in total. The number of aromatic nitrogens is 2. The molecule has 118 valence electrons. The van der Waals surface area contributed by atoms with Gasteiger partial charge in [-0.1, -0.05) is 42.1 Å². The van der Waals surface area contributed by atoms with Crippen molar-refractivity contribution in [2.45, 2.75) is 5.16 Å². The van der Waals surface area contributed by atoms with Crippen molar-refractivity contribution in [3.8, 4) is 11.3 Å². The maximum Gasteiger partial charge on any atom is 0.319 e. The molecule has 0 atom stereocenters. The number of benzene rings is 1. The van der Waals surface area contributed by atoms with E-state index in [0.29, 0.717) is 6.54 Å². The van der Waals surface area contributed by atoms with Gasteiger partial charge in [-0.25, -0.2) is 9.78 Å². The second-order valence-corrected chi connectivity index (χ2v) is 6.71. The zero-order valence-corrected chi connectivity index (χ0v) is 13.9. The van der Waals surface area contributed by atoms with E-state index in [1.54, 1.807) is 11.8 Å². The van der Waals surface area contributed by atoms with Crippen LogP contribution in [0.5, 0.6) is 0 Å². The zero-order chi connectivity index (χ0) is 15.9. The smallest absolute Gasteiger partial charge is 0.319 e. The van der Waals surface area contributed by atoms with Gasteiger partial charge < -0.3 is 10.3 Å². The Morgan fingerprint density at radius 3 is 2.87 bits per heavy atom. The van der Waals surface area contributed by atoms with Crippen LogP contribution in [0.25, 0.3) is 11.3 Å². The highest BCUT2D eigenvalue weighted by Crippen LogP contribution is 2.20. The Hall–Kier alpha value is -2.25. The minimum Gasteiger partial charge on any atom is -0.337 e. The van der Waals surface area contributed by atoms with Crippen LogP contribution in [-0.2, 0) is 0 Å². The van der Waals surface area contributed by atoms with E-state index in [9.17, 15) is 4.79 Å². The van der Waals surface area contributed by atoms with Gasteiger partial charge in [-0.3, -0.25) is 5.32 Å². The fourth-order valence-electron chi connectivity index (χ4n) is 1.96. The molecule has 0 fully saturated rings. The standard InChI is InChI=1S/C16H16N4OS2/c21-15(20-14-7-4-9-22-14)17-8-10-23-16-18-11-13(19-16)12-5-2-1-3-6-12/h1-7,9,11H,8,10H2,(H,18,19)(H2,17,20,21). The Bertz CT molecular complexity index is 741. The molecule has 23 heavy (non-hydrogen) atoms. The molecule has 3 rings (SSSR count). The minimum atomic E-state index is -0.183. The lowest BCUT2D eigenvalue weighted by Crippen LogP contribution is -2.30. The van der Waals surface area contributed by atoms with Gasteiger partial charge in [-0.15, -0.1) is 11.3 Å². The molecule has 0 bridgehead atoms. The molecule has 3 N–H and O–H groups in total. The van der Waals surface area contributed by atoms with Crippen LogP contribution in [-0.4, -0.2) is 28.3 Å². The van der Waals surface area contributed by atoms with Crippen molar-refractivity contribution in [3.63, 3.8) is 0 Å². The molecule has 0 aliphatic heterocycles. The highest BCUT2D eigenvalue weighted by Gasteiger charge is 2.04. The molecule has 0 saturated heterocycles. The van der Waals surface area contributed by atoms with E-state index >= 15 is 0 Å². The van der Waals surface area contributed by atoms with Crippen molar-refractivity contribution in [2.75, 3.05) is 17.6 Å². The van der Waals surface area contributed by atoms with Crippen LogP contribution in [0.2, 0.25) is 0 Å². The summed E-state index contributed by atoms with van der Waals surface area (Å²) in [6.07, 6.45) is 1.83. The first-order valence-electron chi connectivity index (χ1n) is 7.13. The van der Waals surface area contributed by atoms with Crippen molar-refractivity contribution in [1.29, 1.82) is 0 Å². The molecule has 0 saturated carbocycles. The Labute approximate surface area is 142 Å². The van der Waals surface area contributed by atoms with E-state index in [0.717, 1.165) is 27.2 Å². The second-order valence-electron chi connectivity index (χ2n) is 4.67. The average Bonchev–Trinajstić information content (AvgIpc) is 3.24. The molecule has 3 aromatic rings. The molecule has 7 heteroatoms. The topological polar surface area (TPSA) is 69.8 Å². The summed E-state index contributed by atoms with van der Waals surface area (Å²) in [4.78, 5) is 19.3. The molecule has 0 radical (unpaired) electrons. The number of hydrogen-bond acceptors (Lipinski definition) is 4. The monoisotopic (exact) mass is 344 g/mol. The summed E-state index contributed by atoms with van der Waals surface area (Å²) in [6, 6.07) is 13.7. The lowest BCUT2D eigenvalue weighted by Gasteiger charge is -2.04. The van der Waals surface area contributed by atoms with Crippen molar-refractivity contribution in [2.24, 2.45) is 0 Å². The zero-order valence-electron chi connectivity index (χ0n) is 12.3. The number of urea groups is 1.